The molecule has 4 heteroatoms. The molecule has 4 unspecified atom stereocenters. The van der Waals surface area contributed by atoms with Crippen molar-refractivity contribution in [1.82, 2.24) is 0 Å². The van der Waals surface area contributed by atoms with Gasteiger partial charge in [0.05, 0.1) is 11.7 Å². The van der Waals surface area contributed by atoms with Gasteiger partial charge in [0, 0.05) is 25.0 Å². The molecule has 0 aromatic rings. The summed E-state index contributed by atoms with van der Waals surface area (Å²) in [6.45, 7) is 12.1. The Hall–Kier alpha value is -0.160. The third-order valence-corrected chi connectivity index (χ3v) is 6.32. The zero-order valence-corrected chi connectivity index (χ0v) is 16.3. The Morgan fingerprint density at radius 1 is 0.875 bits per heavy atom. The fraction of sp³-hybridized carbons (Fsp3) is 1.00. The maximum Gasteiger partial charge on any atom is 0.167 e. The van der Waals surface area contributed by atoms with Gasteiger partial charge in [-0.2, -0.15) is 0 Å². The van der Waals surface area contributed by atoms with E-state index in [0.29, 0.717) is 6.10 Å². The van der Waals surface area contributed by atoms with Crippen LogP contribution in [0, 0.1) is 17.3 Å². The maximum atomic E-state index is 10.7. The van der Waals surface area contributed by atoms with Crippen LogP contribution in [-0.2, 0) is 9.47 Å². The van der Waals surface area contributed by atoms with Crippen LogP contribution in [0.5, 0.6) is 0 Å². The SMILES string of the molecule is CC1CCCC2(C)OC2CCOCCCC(C)(C)CC(C)C1(O)O. The van der Waals surface area contributed by atoms with Crippen LogP contribution in [0.1, 0.15) is 79.6 Å². The van der Waals surface area contributed by atoms with Gasteiger partial charge in [-0.05, 0) is 50.9 Å². The van der Waals surface area contributed by atoms with Crippen molar-refractivity contribution in [3.63, 3.8) is 0 Å². The zero-order valence-electron chi connectivity index (χ0n) is 16.3. The maximum absolute atomic E-state index is 10.7. The zero-order chi connectivity index (χ0) is 18.0. The molecule has 2 heterocycles. The average molecular weight is 343 g/mol. The van der Waals surface area contributed by atoms with E-state index >= 15 is 0 Å². The average Bonchev–Trinajstić information content (AvgIpc) is 3.11. The van der Waals surface area contributed by atoms with Gasteiger partial charge in [-0.3, -0.25) is 0 Å². The molecule has 4 nitrogen and oxygen atoms in total. The quantitative estimate of drug-likeness (QED) is 0.518. The lowest BCUT2D eigenvalue weighted by molar-refractivity contribution is -0.236. The second-order valence-electron chi connectivity index (χ2n) is 9.27. The Morgan fingerprint density at radius 2 is 1.58 bits per heavy atom. The van der Waals surface area contributed by atoms with Gasteiger partial charge in [-0.15, -0.1) is 0 Å². The van der Waals surface area contributed by atoms with Gasteiger partial charge in [-0.25, -0.2) is 0 Å². The van der Waals surface area contributed by atoms with E-state index in [2.05, 4.69) is 20.8 Å². The van der Waals surface area contributed by atoms with Gasteiger partial charge in [0.25, 0.3) is 0 Å². The number of ether oxygens (including phenoxy) is 2. The second kappa shape index (κ2) is 7.61. The molecule has 2 aliphatic heterocycles. The Labute approximate surface area is 147 Å². The minimum Gasteiger partial charge on any atom is -0.381 e. The lowest BCUT2D eigenvalue weighted by Gasteiger charge is -2.38. The van der Waals surface area contributed by atoms with Crippen molar-refractivity contribution in [3.8, 4) is 0 Å². The van der Waals surface area contributed by atoms with Crippen molar-refractivity contribution in [2.45, 2.75) is 97.1 Å². The van der Waals surface area contributed by atoms with E-state index < -0.39 is 5.79 Å². The number of rotatable bonds is 0. The molecule has 0 radical (unpaired) electrons. The normalized spacial score (nSPS) is 41.4. The largest absolute Gasteiger partial charge is 0.381 e. The summed E-state index contributed by atoms with van der Waals surface area (Å²) in [5.41, 5.74) is 0.0653. The van der Waals surface area contributed by atoms with E-state index in [1.807, 2.05) is 13.8 Å². The molecule has 0 aromatic heterocycles. The van der Waals surface area contributed by atoms with E-state index in [0.717, 1.165) is 58.2 Å². The first-order valence-electron chi connectivity index (χ1n) is 9.77. The van der Waals surface area contributed by atoms with Gasteiger partial charge in [0.2, 0.25) is 0 Å². The second-order valence-corrected chi connectivity index (χ2v) is 9.27. The van der Waals surface area contributed by atoms with Crippen molar-refractivity contribution in [1.29, 1.82) is 0 Å². The van der Waals surface area contributed by atoms with Crippen LogP contribution in [0.25, 0.3) is 0 Å². The Balaban J connectivity index is 1.99. The van der Waals surface area contributed by atoms with Crippen molar-refractivity contribution in [2.24, 2.45) is 17.3 Å². The molecule has 2 N–H and O–H groups in total. The number of epoxide rings is 1. The highest BCUT2D eigenvalue weighted by molar-refractivity contribution is 4.98. The molecule has 0 saturated carbocycles. The fourth-order valence-electron chi connectivity index (χ4n) is 4.36. The van der Waals surface area contributed by atoms with Gasteiger partial charge in [0.1, 0.15) is 0 Å². The summed E-state index contributed by atoms with van der Waals surface area (Å²) in [5, 5.41) is 21.4. The van der Waals surface area contributed by atoms with Crippen LogP contribution in [-0.4, -0.2) is 40.9 Å². The first kappa shape index (κ1) is 20.2. The van der Waals surface area contributed by atoms with E-state index in [1.165, 1.54) is 0 Å². The predicted octanol–water partition coefficient (Wildman–Crippen LogP) is 3.88. The van der Waals surface area contributed by atoms with Crippen molar-refractivity contribution >= 4 is 0 Å². The molecule has 4 atom stereocenters. The van der Waals surface area contributed by atoms with Crippen molar-refractivity contribution < 1.29 is 19.7 Å². The summed E-state index contributed by atoms with van der Waals surface area (Å²) in [4.78, 5) is 0. The van der Waals surface area contributed by atoms with Gasteiger partial charge in [0.15, 0.2) is 5.79 Å². The van der Waals surface area contributed by atoms with Gasteiger partial charge < -0.3 is 19.7 Å². The van der Waals surface area contributed by atoms with E-state index in [-0.39, 0.29) is 22.9 Å². The molecule has 0 aromatic carbocycles. The highest BCUT2D eigenvalue weighted by atomic mass is 16.6. The number of hydrogen-bond acceptors (Lipinski definition) is 4. The smallest absolute Gasteiger partial charge is 0.167 e. The van der Waals surface area contributed by atoms with Crippen LogP contribution >= 0.6 is 0 Å². The number of hydrogen-bond donors (Lipinski definition) is 2. The minimum atomic E-state index is -1.60. The number of fused-ring (bicyclic) bond motifs is 1. The van der Waals surface area contributed by atoms with Crippen molar-refractivity contribution in [2.75, 3.05) is 13.2 Å². The van der Waals surface area contributed by atoms with Crippen LogP contribution in [0.15, 0.2) is 0 Å². The molecule has 0 aliphatic carbocycles. The summed E-state index contributed by atoms with van der Waals surface area (Å²) in [6.07, 6.45) is 6.92. The van der Waals surface area contributed by atoms with E-state index in [4.69, 9.17) is 9.47 Å². The summed E-state index contributed by atoms with van der Waals surface area (Å²) < 4.78 is 11.6. The molecule has 2 rings (SSSR count). The topological polar surface area (TPSA) is 62.2 Å². The summed E-state index contributed by atoms with van der Waals surface area (Å²) >= 11 is 0. The molecule has 2 aliphatic rings. The third kappa shape index (κ3) is 5.17. The summed E-state index contributed by atoms with van der Waals surface area (Å²) in [6, 6.07) is 0. The summed E-state index contributed by atoms with van der Waals surface area (Å²) in [5.74, 6) is -1.87. The fourth-order valence-corrected chi connectivity index (χ4v) is 4.36. The van der Waals surface area contributed by atoms with Gasteiger partial charge in [-0.1, -0.05) is 34.1 Å². The van der Waals surface area contributed by atoms with Crippen LogP contribution in [0.3, 0.4) is 0 Å². The Kier molecular flexibility index (Phi) is 6.39. The molecule has 24 heavy (non-hydrogen) atoms. The molecular weight excluding hydrogens is 304 g/mol. The molecular formula is C20H38O4. The highest BCUT2D eigenvalue weighted by Gasteiger charge is 2.51. The third-order valence-electron chi connectivity index (χ3n) is 6.32. The molecule has 142 valence electrons. The standard InChI is InChI=1S/C20H38O4/c1-15-8-6-11-19(5)17(24-19)9-13-23-12-7-10-18(3,4)14-16(2)20(15,21)22/h15-17,21-22H,6-14H2,1-5H3. The molecule has 0 bridgehead atoms. The van der Waals surface area contributed by atoms with Gasteiger partial charge >= 0.3 is 0 Å². The number of aliphatic hydroxyl groups is 2. The van der Waals surface area contributed by atoms with E-state index in [1.54, 1.807) is 0 Å². The predicted molar refractivity (Wildman–Crippen MR) is 95.7 cm³/mol. The Bertz CT molecular complexity index is 406. The van der Waals surface area contributed by atoms with Crippen LogP contribution in [0.2, 0.25) is 0 Å². The molecule has 0 amide bonds. The minimum absolute atomic E-state index is 0.0265. The molecule has 0 spiro atoms. The Morgan fingerprint density at radius 3 is 2.29 bits per heavy atom. The van der Waals surface area contributed by atoms with Crippen LogP contribution in [0.4, 0.5) is 0 Å². The summed E-state index contributed by atoms with van der Waals surface area (Å²) in [7, 11) is 0. The first-order chi connectivity index (χ1) is 11.1. The molecule has 2 fully saturated rings. The molecule has 2 saturated heterocycles. The first-order valence-corrected chi connectivity index (χ1v) is 9.77. The van der Waals surface area contributed by atoms with E-state index in [9.17, 15) is 10.2 Å². The monoisotopic (exact) mass is 342 g/mol. The lowest BCUT2D eigenvalue weighted by Crippen LogP contribution is -2.44. The lowest BCUT2D eigenvalue weighted by atomic mass is 9.74. The van der Waals surface area contributed by atoms with Crippen molar-refractivity contribution in [3.05, 3.63) is 0 Å². The highest BCUT2D eigenvalue weighted by Crippen LogP contribution is 2.44. The van der Waals surface area contributed by atoms with Crippen LogP contribution < -0.4 is 0 Å².